The van der Waals surface area contributed by atoms with Crippen molar-refractivity contribution in [1.29, 1.82) is 0 Å². The average molecular weight is 207 g/mol. The molecule has 2 rings (SSSR count). The van der Waals surface area contributed by atoms with E-state index in [2.05, 4.69) is 10.2 Å². The summed E-state index contributed by atoms with van der Waals surface area (Å²) in [6, 6.07) is 4.00. The van der Waals surface area contributed by atoms with Crippen molar-refractivity contribution in [1.82, 2.24) is 14.9 Å². The molecule has 0 spiro atoms. The van der Waals surface area contributed by atoms with E-state index in [1.165, 1.54) is 18.2 Å². The Labute approximate surface area is 84.6 Å². The summed E-state index contributed by atoms with van der Waals surface area (Å²) in [5, 5.41) is 26.0. The van der Waals surface area contributed by atoms with Crippen molar-refractivity contribution in [2.45, 2.75) is 0 Å². The molecule has 0 atom stereocenters. The lowest BCUT2D eigenvalue weighted by molar-refractivity contribution is 0.461. The van der Waals surface area contributed by atoms with Crippen molar-refractivity contribution in [3.63, 3.8) is 0 Å². The molecule has 1 aromatic heterocycles. The summed E-state index contributed by atoms with van der Waals surface area (Å²) < 4.78 is 1.02. The van der Waals surface area contributed by atoms with E-state index in [-0.39, 0.29) is 28.8 Å². The van der Waals surface area contributed by atoms with Crippen molar-refractivity contribution in [3.05, 3.63) is 18.2 Å². The van der Waals surface area contributed by atoms with Gasteiger partial charge >= 0.3 is 0 Å². The number of phenols is 2. The van der Waals surface area contributed by atoms with Crippen LogP contribution in [0.2, 0.25) is 0 Å². The zero-order valence-corrected chi connectivity index (χ0v) is 7.62. The maximum atomic E-state index is 9.53. The SMILES string of the molecule is Nc1nnc(-c2cc(O)ccc2O)n1N. The highest BCUT2D eigenvalue weighted by molar-refractivity contribution is 5.66. The number of hydrogen-bond donors (Lipinski definition) is 4. The zero-order chi connectivity index (χ0) is 11.0. The van der Waals surface area contributed by atoms with Crippen LogP contribution in [0.25, 0.3) is 11.4 Å². The molecular weight excluding hydrogens is 198 g/mol. The molecule has 78 valence electrons. The van der Waals surface area contributed by atoms with Crippen LogP contribution in [0.4, 0.5) is 5.95 Å². The number of nitrogen functional groups attached to an aromatic ring is 2. The molecule has 15 heavy (non-hydrogen) atoms. The first-order valence-corrected chi connectivity index (χ1v) is 4.08. The molecule has 0 aliphatic rings. The van der Waals surface area contributed by atoms with E-state index in [0.29, 0.717) is 0 Å². The Balaban J connectivity index is 2.63. The second-order valence-electron chi connectivity index (χ2n) is 2.95. The molecule has 0 radical (unpaired) electrons. The summed E-state index contributed by atoms with van der Waals surface area (Å²) >= 11 is 0. The highest BCUT2D eigenvalue weighted by atomic mass is 16.3. The van der Waals surface area contributed by atoms with Crippen LogP contribution >= 0.6 is 0 Å². The summed E-state index contributed by atoms with van der Waals surface area (Å²) in [7, 11) is 0. The van der Waals surface area contributed by atoms with Gasteiger partial charge in [-0.1, -0.05) is 0 Å². The van der Waals surface area contributed by atoms with Gasteiger partial charge in [-0.15, -0.1) is 10.2 Å². The predicted octanol–water partition coefficient (Wildman–Crippen LogP) is -0.348. The van der Waals surface area contributed by atoms with E-state index >= 15 is 0 Å². The van der Waals surface area contributed by atoms with Gasteiger partial charge in [0.25, 0.3) is 0 Å². The number of aromatic nitrogens is 3. The number of nitrogens with two attached hydrogens (primary N) is 2. The largest absolute Gasteiger partial charge is 0.508 e. The molecule has 0 unspecified atom stereocenters. The van der Waals surface area contributed by atoms with Crippen LogP contribution in [-0.2, 0) is 0 Å². The van der Waals surface area contributed by atoms with Crippen LogP contribution in [0.3, 0.4) is 0 Å². The van der Waals surface area contributed by atoms with Crippen LogP contribution in [-0.4, -0.2) is 25.1 Å². The molecule has 7 heteroatoms. The van der Waals surface area contributed by atoms with Crippen molar-refractivity contribution >= 4 is 5.95 Å². The lowest BCUT2D eigenvalue weighted by Crippen LogP contribution is -2.13. The predicted molar refractivity (Wildman–Crippen MR) is 53.4 cm³/mol. The minimum absolute atomic E-state index is 0.00984. The van der Waals surface area contributed by atoms with E-state index < -0.39 is 0 Å². The molecule has 0 saturated heterocycles. The first kappa shape index (κ1) is 9.13. The molecule has 0 aliphatic heterocycles. The lowest BCUT2D eigenvalue weighted by atomic mass is 10.2. The Morgan fingerprint density at radius 3 is 2.53 bits per heavy atom. The second kappa shape index (κ2) is 3.05. The number of aromatic hydroxyl groups is 2. The van der Waals surface area contributed by atoms with Gasteiger partial charge in [0.15, 0.2) is 5.82 Å². The van der Waals surface area contributed by atoms with Gasteiger partial charge in [0.05, 0.1) is 5.56 Å². The molecule has 7 nitrogen and oxygen atoms in total. The average Bonchev–Trinajstić information content (AvgIpc) is 2.52. The van der Waals surface area contributed by atoms with Gasteiger partial charge in [0, 0.05) is 0 Å². The van der Waals surface area contributed by atoms with Crippen molar-refractivity contribution in [2.24, 2.45) is 0 Å². The molecule has 6 N–H and O–H groups in total. The molecule has 1 aromatic carbocycles. The highest BCUT2D eigenvalue weighted by Crippen LogP contribution is 2.30. The van der Waals surface area contributed by atoms with Crippen LogP contribution < -0.4 is 11.6 Å². The fraction of sp³-hybridized carbons (Fsp3) is 0. The van der Waals surface area contributed by atoms with Crippen LogP contribution in [0.1, 0.15) is 0 Å². The van der Waals surface area contributed by atoms with Gasteiger partial charge in [-0.2, -0.15) is 0 Å². The third-order valence-electron chi connectivity index (χ3n) is 1.94. The number of nitrogens with zero attached hydrogens (tertiary/aromatic N) is 3. The standard InChI is InChI=1S/C8H9N5O2/c9-8-12-11-7(13(8)10)5-3-4(14)1-2-6(5)15/h1-3,14-15H,10H2,(H2,9,12). The number of hydrogen-bond acceptors (Lipinski definition) is 6. The van der Waals surface area contributed by atoms with E-state index in [1.54, 1.807) is 0 Å². The second-order valence-corrected chi connectivity index (χ2v) is 2.95. The molecule has 0 aliphatic carbocycles. The fourth-order valence-corrected chi connectivity index (χ4v) is 1.19. The summed E-state index contributed by atoms with van der Waals surface area (Å²) in [5.41, 5.74) is 5.65. The van der Waals surface area contributed by atoms with E-state index in [9.17, 15) is 10.2 Å². The number of anilines is 1. The quantitative estimate of drug-likeness (QED) is 0.374. The molecule has 2 aromatic rings. The zero-order valence-electron chi connectivity index (χ0n) is 7.62. The smallest absolute Gasteiger partial charge is 0.241 e. The third kappa shape index (κ3) is 1.39. The monoisotopic (exact) mass is 207 g/mol. The molecule has 0 fully saturated rings. The number of phenolic OH excluding ortho intramolecular Hbond substituents is 2. The Bertz CT molecular complexity index is 508. The lowest BCUT2D eigenvalue weighted by Gasteiger charge is -2.04. The fourth-order valence-electron chi connectivity index (χ4n) is 1.19. The Morgan fingerprint density at radius 1 is 1.20 bits per heavy atom. The first-order chi connectivity index (χ1) is 7.09. The molecule has 0 bridgehead atoms. The minimum atomic E-state index is -0.0631. The molecule has 0 amide bonds. The highest BCUT2D eigenvalue weighted by Gasteiger charge is 2.13. The Morgan fingerprint density at radius 2 is 1.93 bits per heavy atom. The molecule has 1 heterocycles. The van der Waals surface area contributed by atoms with Crippen molar-refractivity contribution in [3.8, 4) is 22.9 Å². The normalized spacial score (nSPS) is 10.4. The van der Waals surface area contributed by atoms with Crippen molar-refractivity contribution in [2.75, 3.05) is 11.6 Å². The van der Waals surface area contributed by atoms with E-state index in [1.807, 2.05) is 0 Å². The van der Waals surface area contributed by atoms with Crippen LogP contribution in [0.5, 0.6) is 11.5 Å². The van der Waals surface area contributed by atoms with Gasteiger partial charge in [0.2, 0.25) is 5.95 Å². The topological polar surface area (TPSA) is 123 Å². The van der Waals surface area contributed by atoms with E-state index in [4.69, 9.17) is 11.6 Å². The van der Waals surface area contributed by atoms with Gasteiger partial charge < -0.3 is 21.8 Å². The number of benzene rings is 1. The minimum Gasteiger partial charge on any atom is -0.508 e. The Kier molecular flexibility index (Phi) is 1.86. The Hall–Kier alpha value is -2.44. The van der Waals surface area contributed by atoms with Gasteiger partial charge in [-0.3, -0.25) is 0 Å². The molecular formula is C8H9N5O2. The summed E-state index contributed by atoms with van der Waals surface area (Å²) in [5.74, 6) is 5.66. The van der Waals surface area contributed by atoms with Crippen LogP contribution in [0, 0.1) is 0 Å². The summed E-state index contributed by atoms with van der Waals surface area (Å²) in [6.45, 7) is 0. The first-order valence-electron chi connectivity index (χ1n) is 4.08. The summed E-state index contributed by atoms with van der Waals surface area (Å²) in [4.78, 5) is 0. The van der Waals surface area contributed by atoms with Gasteiger partial charge in [0.1, 0.15) is 11.5 Å². The van der Waals surface area contributed by atoms with Gasteiger partial charge in [-0.25, -0.2) is 4.68 Å². The van der Waals surface area contributed by atoms with Gasteiger partial charge in [-0.05, 0) is 18.2 Å². The maximum Gasteiger partial charge on any atom is 0.241 e. The van der Waals surface area contributed by atoms with Crippen LogP contribution in [0.15, 0.2) is 18.2 Å². The van der Waals surface area contributed by atoms with E-state index in [0.717, 1.165) is 4.68 Å². The number of rotatable bonds is 1. The third-order valence-corrected chi connectivity index (χ3v) is 1.94. The maximum absolute atomic E-state index is 9.53. The molecule has 0 saturated carbocycles. The summed E-state index contributed by atoms with van der Waals surface area (Å²) in [6.07, 6.45) is 0. The van der Waals surface area contributed by atoms with Crippen molar-refractivity contribution < 1.29 is 10.2 Å².